The molecule has 3 aromatic rings. The average molecular weight is 421 g/mol. The molecule has 0 saturated carbocycles. The van der Waals surface area contributed by atoms with Gasteiger partial charge in [0.1, 0.15) is 18.0 Å². The molecule has 0 radical (unpaired) electrons. The van der Waals surface area contributed by atoms with Crippen LogP contribution in [0.3, 0.4) is 0 Å². The Bertz CT molecular complexity index is 1180. The summed E-state index contributed by atoms with van der Waals surface area (Å²) in [6.07, 6.45) is 1.83. The van der Waals surface area contributed by atoms with Gasteiger partial charge in [-0.15, -0.1) is 0 Å². The van der Waals surface area contributed by atoms with E-state index in [0.29, 0.717) is 22.3 Å². The summed E-state index contributed by atoms with van der Waals surface area (Å²) in [7, 11) is 1.57. The molecule has 4 rings (SSSR count). The molecule has 162 valence electrons. The Morgan fingerprint density at radius 3 is 2.65 bits per heavy atom. The number of carbonyl (C=O) groups excluding carboxylic acids is 1. The third-order valence-electron chi connectivity index (χ3n) is 5.23. The first-order valence-corrected chi connectivity index (χ1v) is 10.4. The smallest absolute Gasteiger partial charge is 0.338 e. The van der Waals surface area contributed by atoms with Crippen LogP contribution in [0.4, 0.5) is 5.69 Å². The van der Waals surface area contributed by atoms with E-state index in [4.69, 9.17) is 9.47 Å². The number of benzene rings is 2. The predicted molar refractivity (Wildman–Crippen MR) is 119 cm³/mol. The van der Waals surface area contributed by atoms with Gasteiger partial charge in [0, 0.05) is 12.8 Å². The van der Waals surface area contributed by atoms with Crippen molar-refractivity contribution in [3.05, 3.63) is 69.3 Å². The van der Waals surface area contributed by atoms with E-state index in [9.17, 15) is 9.59 Å². The van der Waals surface area contributed by atoms with Crippen LogP contribution >= 0.6 is 0 Å². The van der Waals surface area contributed by atoms with E-state index in [1.807, 2.05) is 45.0 Å². The van der Waals surface area contributed by atoms with Crippen molar-refractivity contribution in [3.8, 4) is 0 Å². The lowest BCUT2D eigenvalue weighted by Crippen LogP contribution is -2.23. The van der Waals surface area contributed by atoms with Crippen molar-refractivity contribution < 1.29 is 14.3 Å². The zero-order valence-corrected chi connectivity index (χ0v) is 18.2. The van der Waals surface area contributed by atoms with Crippen LogP contribution in [-0.2, 0) is 22.5 Å². The summed E-state index contributed by atoms with van der Waals surface area (Å²) in [4.78, 5) is 32.0. The molecule has 0 bridgehead atoms. The highest BCUT2D eigenvalue weighted by atomic mass is 16.6. The lowest BCUT2D eigenvalue weighted by atomic mass is 10.0. The number of nitrogens with one attached hydrogen (secondary N) is 2. The maximum Gasteiger partial charge on any atom is 0.338 e. The minimum absolute atomic E-state index is 0.0878. The van der Waals surface area contributed by atoms with E-state index >= 15 is 0 Å². The second-order valence-electron chi connectivity index (χ2n) is 8.83. The number of esters is 1. The van der Waals surface area contributed by atoms with Crippen LogP contribution in [0, 0.1) is 0 Å². The number of H-pyrrole nitrogens is 1. The monoisotopic (exact) mass is 421 g/mol. The first-order valence-electron chi connectivity index (χ1n) is 10.4. The largest absolute Gasteiger partial charge is 0.456 e. The minimum atomic E-state index is -0.526. The van der Waals surface area contributed by atoms with Crippen molar-refractivity contribution in [2.45, 2.75) is 51.9 Å². The van der Waals surface area contributed by atoms with E-state index in [0.717, 1.165) is 24.1 Å². The summed E-state index contributed by atoms with van der Waals surface area (Å²) >= 11 is 0. The van der Waals surface area contributed by atoms with Gasteiger partial charge in [0.05, 0.1) is 22.5 Å². The maximum absolute atomic E-state index is 12.5. The number of carbonyl (C=O) groups is 1. The number of methoxy groups -OCH3 is 1. The Kier molecular flexibility index (Phi) is 5.54. The van der Waals surface area contributed by atoms with Crippen molar-refractivity contribution in [3.63, 3.8) is 0 Å². The number of nitrogens with zero attached hydrogens (tertiary/aromatic N) is 1. The molecule has 1 heterocycles. The molecule has 0 fully saturated rings. The van der Waals surface area contributed by atoms with Crippen molar-refractivity contribution in [2.24, 2.45) is 0 Å². The topological polar surface area (TPSA) is 93.3 Å². The predicted octanol–water partition coefficient (Wildman–Crippen LogP) is 4.12. The SMILES string of the molecule is COCc1nc2cc3c(cc2c(=O)[nH]1)[C@@H](Nc1ccc(C(=O)OC(C)(C)C)cc1)CC3. The molecule has 0 spiro atoms. The van der Waals surface area contributed by atoms with E-state index in [-0.39, 0.29) is 24.2 Å². The van der Waals surface area contributed by atoms with Gasteiger partial charge in [-0.25, -0.2) is 9.78 Å². The number of fused-ring (bicyclic) bond motifs is 2. The zero-order valence-electron chi connectivity index (χ0n) is 18.2. The highest BCUT2D eigenvalue weighted by Crippen LogP contribution is 2.35. The number of aromatic nitrogens is 2. The second-order valence-corrected chi connectivity index (χ2v) is 8.83. The van der Waals surface area contributed by atoms with Crippen LogP contribution in [0.25, 0.3) is 10.9 Å². The van der Waals surface area contributed by atoms with Gasteiger partial charge < -0.3 is 19.8 Å². The maximum atomic E-state index is 12.5. The molecule has 31 heavy (non-hydrogen) atoms. The summed E-state index contributed by atoms with van der Waals surface area (Å²) in [6.45, 7) is 5.81. The van der Waals surface area contributed by atoms with E-state index in [1.165, 1.54) is 5.56 Å². The third-order valence-corrected chi connectivity index (χ3v) is 5.23. The lowest BCUT2D eigenvalue weighted by Gasteiger charge is -2.20. The number of anilines is 1. The Balaban J connectivity index is 1.55. The molecule has 0 amide bonds. The first-order chi connectivity index (χ1) is 14.7. The first kappa shape index (κ1) is 21.1. The fraction of sp³-hybridized carbons (Fsp3) is 0.375. The second kappa shape index (κ2) is 8.15. The fourth-order valence-corrected chi connectivity index (χ4v) is 3.89. The summed E-state index contributed by atoms with van der Waals surface area (Å²) in [5.41, 5.74) is 3.73. The van der Waals surface area contributed by atoms with Crippen molar-refractivity contribution >= 4 is 22.6 Å². The molecule has 7 nitrogen and oxygen atoms in total. The number of hydrogen-bond donors (Lipinski definition) is 2. The number of ether oxygens (including phenoxy) is 2. The number of hydrogen-bond acceptors (Lipinski definition) is 6. The van der Waals surface area contributed by atoms with Crippen molar-refractivity contribution in [1.82, 2.24) is 9.97 Å². The van der Waals surface area contributed by atoms with Gasteiger partial charge in [-0.2, -0.15) is 0 Å². The van der Waals surface area contributed by atoms with E-state index in [2.05, 4.69) is 15.3 Å². The van der Waals surface area contributed by atoms with Crippen LogP contribution in [-0.4, -0.2) is 28.6 Å². The quantitative estimate of drug-likeness (QED) is 0.602. The minimum Gasteiger partial charge on any atom is -0.456 e. The molecule has 2 aromatic carbocycles. The summed E-state index contributed by atoms with van der Waals surface area (Å²) in [5, 5.41) is 4.10. The van der Waals surface area contributed by atoms with Crippen LogP contribution in [0.2, 0.25) is 0 Å². The average Bonchev–Trinajstić information content (AvgIpc) is 3.08. The third kappa shape index (κ3) is 4.61. The normalized spacial score (nSPS) is 15.7. The highest BCUT2D eigenvalue weighted by Gasteiger charge is 2.24. The molecule has 0 unspecified atom stereocenters. The Labute approximate surface area is 180 Å². The Hall–Kier alpha value is -3.19. The Morgan fingerprint density at radius 2 is 1.97 bits per heavy atom. The summed E-state index contributed by atoms with van der Waals surface area (Å²) in [6, 6.07) is 11.3. The summed E-state index contributed by atoms with van der Waals surface area (Å²) < 4.78 is 10.5. The molecule has 0 aliphatic heterocycles. The number of rotatable bonds is 5. The van der Waals surface area contributed by atoms with Crippen LogP contribution in [0.1, 0.15) is 60.5 Å². The molecule has 7 heteroatoms. The lowest BCUT2D eigenvalue weighted by molar-refractivity contribution is 0.00695. The Morgan fingerprint density at radius 1 is 1.23 bits per heavy atom. The molecule has 1 aliphatic rings. The highest BCUT2D eigenvalue weighted by molar-refractivity contribution is 5.90. The van der Waals surface area contributed by atoms with Crippen LogP contribution in [0.15, 0.2) is 41.2 Å². The molecule has 2 N–H and O–H groups in total. The summed E-state index contributed by atoms with van der Waals surface area (Å²) in [5.74, 6) is 0.189. The molecular weight excluding hydrogens is 394 g/mol. The van der Waals surface area contributed by atoms with Gasteiger partial charge in [0.15, 0.2) is 0 Å². The molecular formula is C24H27N3O4. The molecule has 0 saturated heterocycles. The van der Waals surface area contributed by atoms with Gasteiger partial charge >= 0.3 is 5.97 Å². The van der Waals surface area contributed by atoms with Gasteiger partial charge in [0.2, 0.25) is 0 Å². The standard InChI is InChI=1S/C24H27N3O4/c1-24(2,3)31-23(29)14-5-8-16(9-6-14)25-19-10-7-15-11-20-18(12-17(15)19)22(28)27-21(26-20)13-30-4/h5-6,8-9,11-12,19,25H,7,10,13H2,1-4H3,(H,26,27,28)/t19-/m0/s1. The van der Waals surface area contributed by atoms with Crippen molar-refractivity contribution in [1.29, 1.82) is 0 Å². The van der Waals surface area contributed by atoms with Gasteiger partial charge in [-0.05, 0) is 81.1 Å². The fourth-order valence-electron chi connectivity index (χ4n) is 3.89. The van der Waals surface area contributed by atoms with Gasteiger partial charge in [-0.1, -0.05) is 0 Å². The van der Waals surface area contributed by atoms with Crippen molar-refractivity contribution in [2.75, 3.05) is 12.4 Å². The van der Waals surface area contributed by atoms with E-state index < -0.39 is 5.60 Å². The number of aryl methyl sites for hydroxylation is 1. The molecule has 1 aliphatic carbocycles. The number of aromatic amines is 1. The van der Waals surface area contributed by atoms with E-state index in [1.54, 1.807) is 19.2 Å². The zero-order chi connectivity index (χ0) is 22.2. The van der Waals surface area contributed by atoms with Gasteiger partial charge in [-0.3, -0.25) is 4.79 Å². The molecule has 1 atom stereocenters. The van der Waals surface area contributed by atoms with Gasteiger partial charge in [0.25, 0.3) is 5.56 Å². The van der Waals surface area contributed by atoms with Crippen LogP contribution in [0.5, 0.6) is 0 Å². The van der Waals surface area contributed by atoms with Crippen LogP contribution < -0.4 is 10.9 Å². The molecule has 1 aromatic heterocycles.